The highest BCUT2D eigenvalue weighted by molar-refractivity contribution is 4.98. The molecule has 0 saturated heterocycles. The van der Waals surface area contributed by atoms with E-state index in [0.717, 1.165) is 6.54 Å². The minimum Gasteiger partial charge on any atom is -0.331 e. The molecule has 0 aromatic rings. The Kier molecular flexibility index (Phi) is 6.37. The third-order valence-corrected chi connectivity index (χ3v) is 4.35. The molecule has 0 aromatic heterocycles. The van der Waals surface area contributed by atoms with Crippen LogP contribution in [0.3, 0.4) is 0 Å². The van der Waals surface area contributed by atoms with E-state index in [1.165, 1.54) is 23.7 Å². The monoisotopic (exact) mass is 226 g/mol. The highest BCUT2D eigenvalue weighted by atomic mass is 14.7. The maximum absolute atomic E-state index is 4.85. The van der Waals surface area contributed by atoms with Crippen LogP contribution < -0.4 is 11.1 Å². The van der Waals surface area contributed by atoms with E-state index in [4.69, 9.17) is 5.73 Å². The van der Waals surface area contributed by atoms with Crippen LogP contribution in [-0.2, 0) is 0 Å². The molecule has 0 spiro atoms. The van der Waals surface area contributed by atoms with E-state index in [2.05, 4.69) is 5.32 Å². The summed E-state index contributed by atoms with van der Waals surface area (Å²) >= 11 is 0. The Morgan fingerprint density at radius 2 is 1.38 bits per heavy atom. The maximum Gasteiger partial charge on any atom is -0.0106 e. The number of nitrogens with two attached hydrogens (primary N) is 1. The molecule has 4 atom stereocenters. The minimum absolute atomic E-state index is 0.750. The van der Waals surface area contributed by atoms with Crippen molar-refractivity contribution in [2.45, 2.75) is 45.4 Å². The summed E-state index contributed by atoms with van der Waals surface area (Å²) in [5.41, 5.74) is 4.85. The van der Waals surface area contributed by atoms with Crippen molar-refractivity contribution in [2.24, 2.45) is 29.4 Å². The first kappa shape index (κ1) is 14.0. The SMILES string of the molecule is C1CC2C3CCC(C3)C2C1.CCN.CNC. The normalized spacial score (nSPS) is 38.2. The van der Waals surface area contributed by atoms with Gasteiger partial charge in [-0.25, -0.2) is 0 Å². The van der Waals surface area contributed by atoms with Crippen molar-refractivity contribution in [3.63, 3.8) is 0 Å². The maximum atomic E-state index is 4.85. The summed E-state index contributed by atoms with van der Waals surface area (Å²) in [6.07, 6.45) is 9.53. The van der Waals surface area contributed by atoms with E-state index in [1.54, 1.807) is 38.5 Å². The van der Waals surface area contributed by atoms with E-state index in [1.807, 2.05) is 21.0 Å². The van der Waals surface area contributed by atoms with Gasteiger partial charge in [-0.3, -0.25) is 0 Å². The highest BCUT2D eigenvalue weighted by Gasteiger charge is 2.48. The van der Waals surface area contributed by atoms with Crippen molar-refractivity contribution < 1.29 is 0 Å². The second-order valence-electron chi connectivity index (χ2n) is 5.50. The molecule has 4 unspecified atom stereocenters. The van der Waals surface area contributed by atoms with Crippen LogP contribution in [0.5, 0.6) is 0 Å². The van der Waals surface area contributed by atoms with Crippen molar-refractivity contribution in [1.82, 2.24) is 5.32 Å². The molecule has 0 aliphatic heterocycles. The fourth-order valence-electron chi connectivity index (χ4n) is 4.02. The molecule has 2 nitrogen and oxygen atoms in total. The van der Waals surface area contributed by atoms with E-state index < -0.39 is 0 Å². The summed E-state index contributed by atoms with van der Waals surface area (Å²) in [6.45, 7) is 2.65. The molecule has 0 heterocycles. The van der Waals surface area contributed by atoms with Gasteiger partial charge in [-0.15, -0.1) is 0 Å². The Hall–Kier alpha value is -0.0800. The molecule has 96 valence electrons. The smallest absolute Gasteiger partial charge is 0.0106 e. The van der Waals surface area contributed by atoms with Crippen LogP contribution >= 0.6 is 0 Å². The molecule has 2 bridgehead atoms. The van der Waals surface area contributed by atoms with Crippen LogP contribution in [0.2, 0.25) is 0 Å². The molecule has 16 heavy (non-hydrogen) atoms. The van der Waals surface area contributed by atoms with Crippen LogP contribution in [0.1, 0.15) is 45.4 Å². The number of hydrogen-bond donors (Lipinski definition) is 2. The summed E-state index contributed by atoms with van der Waals surface area (Å²) in [5.74, 6) is 4.80. The Labute approximate surface area is 101 Å². The topological polar surface area (TPSA) is 38.0 Å². The molecular formula is C14H30N2. The van der Waals surface area contributed by atoms with Crippen LogP contribution in [0.25, 0.3) is 0 Å². The predicted molar refractivity (Wildman–Crippen MR) is 71.4 cm³/mol. The Morgan fingerprint density at radius 1 is 1.00 bits per heavy atom. The van der Waals surface area contributed by atoms with Crippen LogP contribution in [0.4, 0.5) is 0 Å². The van der Waals surface area contributed by atoms with E-state index >= 15 is 0 Å². The Balaban J connectivity index is 0.000000185. The minimum atomic E-state index is 0.750. The number of rotatable bonds is 0. The predicted octanol–water partition coefficient (Wildman–Crippen LogP) is 2.63. The lowest BCUT2D eigenvalue weighted by Gasteiger charge is -2.23. The Morgan fingerprint density at radius 3 is 1.75 bits per heavy atom. The van der Waals surface area contributed by atoms with Crippen LogP contribution in [0.15, 0.2) is 0 Å². The first-order valence-corrected chi connectivity index (χ1v) is 7.06. The zero-order valence-corrected chi connectivity index (χ0v) is 11.3. The molecular weight excluding hydrogens is 196 g/mol. The lowest BCUT2D eigenvalue weighted by atomic mass is 9.82. The molecule has 3 N–H and O–H groups in total. The molecule has 3 rings (SSSR count). The van der Waals surface area contributed by atoms with Gasteiger partial charge in [-0.05, 0) is 76.4 Å². The quantitative estimate of drug-likeness (QED) is 0.666. The van der Waals surface area contributed by atoms with Crippen molar-refractivity contribution in [1.29, 1.82) is 0 Å². The van der Waals surface area contributed by atoms with Gasteiger partial charge < -0.3 is 11.1 Å². The summed E-state index contributed by atoms with van der Waals surface area (Å²) < 4.78 is 0. The van der Waals surface area contributed by atoms with Crippen LogP contribution in [0, 0.1) is 23.7 Å². The van der Waals surface area contributed by atoms with Gasteiger partial charge in [0.25, 0.3) is 0 Å². The van der Waals surface area contributed by atoms with Gasteiger partial charge in [0.15, 0.2) is 0 Å². The second-order valence-corrected chi connectivity index (χ2v) is 5.50. The number of hydrogen-bond acceptors (Lipinski definition) is 2. The zero-order valence-electron chi connectivity index (χ0n) is 11.3. The van der Waals surface area contributed by atoms with Gasteiger partial charge in [-0.1, -0.05) is 13.3 Å². The number of fused-ring (bicyclic) bond motifs is 5. The molecule has 3 aliphatic rings. The van der Waals surface area contributed by atoms with Crippen molar-refractivity contribution >= 4 is 0 Å². The zero-order chi connectivity index (χ0) is 12.0. The van der Waals surface area contributed by atoms with E-state index in [-0.39, 0.29) is 0 Å². The number of nitrogens with one attached hydrogen (secondary N) is 1. The van der Waals surface area contributed by atoms with Gasteiger partial charge in [0, 0.05) is 0 Å². The van der Waals surface area contributed by atoms with E-state index in [0.29, 0.717) is 0 Å². The third kappa shape index (κ3) is 3.21. The molecule has 3 fully saturated rings. The van der Waals surface area contributed by atoms with Crippen molar-refractivity contribution in [2.75, 3.05) is 20.6 Å². The van der Waals surface area contributed by atoms with Crippen molar-refractivity contribution in [3.05, 3.63) is 0 Å². The standard InChI is InChI=1S/C10H16.2C2H7N/c1-2-9-7-4-5-8(6-7)10(9)3-1;1-3-2;1-2-3/h7-10H,1-6H2;3H,1-2H3;2-3H2,1H3. The molecule has 0 radical (unpaired) electrons. The van der Waals surface area contributed by atoms with Gasteiger partial charge >= 0.3 is 0 Å². The fraction of sp³-hybridized carbons (Fsp3) is 1.00. The van der Waals surface area contributed by atoms with Crippen molar-refractivity contribution in [3.8, 4) is 0 Å². The second kappa shape index (κ2) is 7.29. The summed E-state index contributed by atoms with van der Waals surface area (Å²) in [6, 6.07) is 0. The van der Waals surface area contributed by atoms with Gasteiger partial charge in [0.05, 0.1) is 0 Å². The fourth-order valence-corrected chi connectivity index (χ4v) is 4.02. The van der Waals surface area contributed by atoms with Gasteiger partial charge in [0.2, 0.25) is 0 Å². The molecule has 0 aromatic carbocycles. The van der Waals surface area contributed by atoms with E-state index in [9.17, 15) is 0 Å². The third-order valence-electron chi connectivity index (χ3n) is 4.35. The first-order chi connectivity index (χ1) is 7.78. The van der Waals surface area contributed by atoms with Gasteiger partial charge in [0.1, 0.15) is 0 Å². The average Bonchev–Trinajstić information content (AvgIpc) is 2.94. The molecule has 3 saturated carbocycles. The first-order valence-electron chi connectivity index (χ1n) is 7.06. The summed E-state index contributed by atoms with van der Waals surface area (Å²) in [4.78, 5) is 0. The summed E-state index contributed by atoms with van der Waals surface area (Å²) in [7, 11) is 3.75. The molecule has 3 aliphatic carbocycles. The highest BCUT2D eigenvalue weighted by Crippen LogP contribution is 2.58. The molecule has 0 amide bonds. The largest absolute Gasteiger partial charge is 0.331 e. The van der Waals surface area contributed by atoms with Crippen LogP contribution in [-0.4, -0.2) is 20.6 Å². The Bertz CT molecular complexity index is 164. The lowest BCUT2D eigenvalue weighted by Crippen LogP contribution is -2.15. The lowest BCUT2D eigenvalue weighted by molar-refractivity contribution is 0.259. The summed E-state index contributed by atoms with van der Waals surface area (Å²) in [5, 5.41) is 2.75. The molecule has 2 heteroatoms. The average molecular weight is 226 g/mol. The van der Waals surface area contributed by atoms with Gasteiger partial charge in [-0.2, -0.15) is 0 Å².